The Morgan fingerprint density at radius 2 is 2.08 bits per heavy atom. The molecule has 1 N–H and O–H groups in total. The van der Waals surface area contributed by atoms with Crippen molar-refractivity contribution in [1.82, 2.24) is 15.1 Å². The van der Waals surface area contributed by atoms with Crippen LogP contribution in [0.2, 0.25) is 0 Å². The van der Waals surface area contributed by atoms with Crippen molar-refractivity contribution < 1.29 is 14.4 Å². The van der Waals surface area contributed by atoms with Crippen molar-refractivity contribution in [2.75, 3.05) is 20.1 Å². The molecular formula is C7H9N3O3. The Bertz CT molecular complexity index is 301. The monoisotopic (exact) mass is 183 g/mol. The molecule has 1 unspecified atom stereocenters. The van der Waals surface area contributed by atoms with Crippen molar-refractivity contribution in [1.29, 1.82) is 0 Å². The van der Waals surface area contributed by atoms with Gasteiger partial charge in [0.05, 0.1) is 0 Å². The highest BCUT2D eigenvalue weighted by Gasteiger charge is 2.45. The molecule has 1 atom stereocenters. The molecule has 0 aromatic carbocycles. The lowest BCUT2D eigenvalue weighted by atomic mass is 10.2. The van der Waals surface area contributed by atoms with Gasteiger partial charge in [-0.3, -0.25) is 14.5 Å². The molecule has 6 heteroatoms. The minimum Gasteiger partial charge on any atom is -0.352 e. The van der Waals surface area contributed by atoms with Crippen LogP contribution in [0.3, 0.4) is 0 Å². The first-order valence-electron chi connectivity index (χ1n) is 3.96. The topological polar surface area (TPSA) is 69.7 Å². The Balaban J connectivity index is 2.27. The standard InChI is InChI=1S/C7H9N3O3/c1-9-6(12)4-2-8-5(11)3-10(4)7(9)13/h4H,2-3H2,1H3,(H,8,11). The number of hydrogen-bond acceptors (Lipinski definition) is 3. The van der Waals surface area contributed by atoms with Crippen molar-refractivity contribution >= 4 is 17.8 Å². The average Bonchev–Trinajstić information content (AvgIpc) is 2.32. The molecule has 0 aliphatic carbocycles. The first-order chi connectivity index (χ1) is 6.11. The molecule has 0 saturated carbocycles. The van der Waals surface area contributed by atoms with Gasteiger partial charge >= 0.3 is 6.03 Å². The van der Waals surface area contributed by atoms with Gasteiger partial charge in [-0.1, -0.05) is 0 Å². The summed E-state index contributed by atoms with van der Waals surface area (Å²) in [6, 6.07) is -0.875. The molecule has 6 nitrogen and oxygen atoms in total. The zero-order valence-electron chi connectivity index (χ0n) is 7.11. The summed E-state index contributed by atoms with van der Waals surface area (Å²) in [7, 11) is 1.42. The molecule has 2 rings (SSSR count). The summed E-state index contributed by atoms with van der Waals surface area (Å²) in [6.07, 6.45) is 0. The molecule has 0 spiro atoms. The number of urea groups is 1. The molecule has 13 heavy (non-hydrogen) atoms. The van der Waals surface area contributed by atoms with E-state index in [-0.39, 0.29) is 30.9 Å². The lowest BCUT2D eigenvalue weighted by molar-refractivity contribution is -0.130. The van der Waals surface area contributed by atoms with E-state index in [0.717, 1.165) is 4.90 Å². The maximum absolute atomic E-state index is 11.4. The lowest BCUT2D eigenvalue weighted by Crippen LogP contribution is -2.54. The van der Waals surface area contributed by atoms with Crippen LogP contribution < -0.4 is 5.32 Å². The molecular weight excluding hydrogens is 174 g/mol. The van der Waals surface area contributed by atoms with Gasteiger partial charge in [0.25, 0.3) is 5.91 Å². The average molecular weight is 183 g/mol. The van der Waals surface area contributed by atoms with E-state index in [0.29, 0.717) is 0 Å². The smallest absolute Gasteiger partial charge is 0.327 e. The van der Waals surface area contributed by atoms with E-state index >= 15 is 0 Å². The number of carbonyl (C=O) groups excluding carboxylic acids is 3. The van der Waals surface area contributed by atoms with Crippen LogP contribution in [0.5, 0.6) is 0 Å². The van der Waals surface area contributed by atoms with Gasteiger partial charge in [0.15, 0.2) is 0 Å². The third kappa shape index (κ3) is 0.980. The summed E-state index contributed by atoms with van der Waals surface area (Å²) in [5, 5.41) is 2.54. The maximum Gasteiger partial charge on any atom is 0.327 e. The largest absolute Gasteiger partial charge is 0.352 e. The zero-order chi connectivity index (χ0) is 9.59. The number of imide groups is 1. The Morgan fingerprint density at radius 3 is 2.77 bits per heavy atom. The van der Waals surface area contributed by atoms with E-state index in [4.69, 9.17) is 0 Å². The van der Waals surface area contributed by atoms with Crippen LogP contribution in [-0.2, 0) is 9.59 Å². The normalized spacial score (nSPS) is 27.8. The van der Waals surface area contributed by atoms with Crippen LogP contribution in [0.4, 0.5) is 4.79 Å². The van der Waals surface area contributed by atoms with Gasteiger partial charge in [-0.2, -0.15) is 0 Å². The quantitative estimate of drug-likeness (QED) is 0.459. The second-order valence-electron chi connectivity index (χ2n) is 3.13. The first-order valence-corrected chi connectivity index (χ1v) is 3.96. The number of nitrogens with one attached hydrogen (secondary N) is 1. The minimum atomic E-state index is -0.491. The van der Waals surface area contributed by atoms with Gasteiger partial charge in [-0.05, 0) is 0 Å². The van der Waals surface area contributed by atoms with Gasteiger partial charge in [0.1, 0.15) is 12.6 Å². The summed E-state index contributed by atoms with van der Waals surface area (Å²) < 4.78 is 0. The SMILES string of the molecule is CN1C(=O)C2CNC(=O)CN2C1=O. The Labute approximate surface area is 74.5 Å². The fraction of sp³-hybridized carbons (Fsp3) is 0.571. The van der Waals surface area contributed by atoms with Crippen molar-refractivity contribution in [3.8, 4) is 0 Å². The highest BCUT2D eigenvalue weighted by molar-refractivity contribution is 6.06. The third-order valence-corrected chi connectivity index (χ3v) is 2.33. The van der Waals surface area contributed by atoms with Gasteiger partial charge in [0.2, 0.25) is 5.91 Å². The molecule has 2 aliphatic rings. The second kappa shape index (κ2) is 2.45. The predicted octanol–water partition coefficient (Wildman–Crippen LogP) is -1.62. The van der Waals surface area contributed by atoms with Gasteiger partial charge in [0, 0.05) is 13.6 Å². The summed E-state index contributed by atoms with van der Waals surface area (Å²) >= 11 is 0. The van der Waals surface area contributed by atoms with E-state index in [2.05, 4.69) is 5.32 Å². The number of likely N-dealkylation sites (N-methyl/N-ethyl adjacent to an activating group) is 1. The van der Waals surface area contributed by atoms with Crippen LogP contribution in [0.15, 0.2) is 0 Å². The summed E-state index contributed by atoms with van der Waals surface area (Å²) in [5.41, 5.74) is 0. The van der Waals surface area contributed by atoms with Crippen LogP contribution in [-0.4, -0.2) is 53.8 Å². The number of rotatable bonds is 0. The van der Waals surface area contributed by atoms with Crippen LogP contribution in [0.25, 0.3) is 0 Å². The van der Waals surface area contributed by atoms with Crippen molar-refractivity contribution in [3.63, 3.8) is 0 Å². The number of amides is 4. The molecule has 0 aromatic rings. The van der Waals surface area contributed by atoms with Gasteiger partial charge in [-0.25, -0.2) is 4.79 Å². The van der Waals surface area contributed by atoms with Crippen molar-refractivity contribution in [2.45, 2.75) is 6.04 Å². The Hall–Kier alpha value is -1.59. The molecule has 0 aromatic heterocycles. The van der Waals surface area contributed by atoms with Crippen LogP contribution >= 0.6 is 0 Å². The van der Waals surface area contributed by atoms with Crippen molar-refractivity contribution in [3.05, 3.63) is 0 Å². The first kappa shape index (κ1) is 8.03. The highest BCUT2D eigenvalue weighted by Crippen LogP contribution is 2.16. The number of nitrogens with zero attached hydrogens (tertiary/aromatic N) is 2. The molecule has 4 amide bonds. The van der Waals surface area contributed by atoms with E-state index in [1.54, 1.807) is 0 Å². The molecule has 2 heterocycles. The minimum absolute atomic E-state index is 0.0143. The number of carbonyl (C=O) groups is 3. The summed E-state index contributed by atoms with van der Waals surface area (Å²) in [6.45, 7) is 0.216. The van der Waals surface area contributed by atoms with Gasteiger partial charge in [-0.15, -0.1) is 0 Å². The lowest BCUT2D eigenvalue weighted by Gasteiger charge is -2.26. The summed E-state index contributed by atoms with van der Waals surface area (Å²) in [4.78, 5) is 36.0. The maximum atomic E-state index is 11.4. The summed E-state index contributed by atoms with van der Waals surface area (Å²) in [5.74, 6) is -0.460. The molecule has 2 saturated heterocycles. The Kier molecular flexibility index (Phi) is 1.51. The predicted molar refractivity (Wildman–Crippen MR) is 41.7 cm³/mol. The zero-order valence-corrected chi connectivity index (χ0v) is 7.11. The molecule has 0 radical (unpaired) electrons. The highest BCUT2D eigenvalue weighted by atomic mass is 16.2. The van der Waals surface area contributed by atoms with E-state index in [9.17, 15) is 14.4 Å². The number of piperazine rings is 1. The molecule has 2 aliphatic heterocycles. The fourth-order valence-corrected chi connectivity index (χ4v) is 1.57. The fourth-order valence-electron chi connectivity index (χ4n) is 1.57. The molecule has 0 bridgehead atoms. The van der Waals surface area contributed by atoms with E-state index in [1.165, 1.54) is 11.9 Å². The Morgan fingerprint density at radius 1 is 1.38 bits per heavy atom. The van der Waals surface area contributed by atoms with Crippen LogP contribution in [0.1, 0.15) is 0 Å². The molecule has 70 valence electrons. The van der Waals surface area contributed by atoms with Crippen molar-refractivity contribution in [2.24, 2.45) is 0 Å². The number of hydrogen-bond donors (Lipinski definition) is 1. The van der Waals surface area contributed by atoms with E-state index < -0.39 is 6.04 Å². The number of fused-ring (bicyclic) bond motifs is 1. The second-order valence-corrected chi connectivity index (χ2v) is 3.13. The molecule has 2 fully saturated rings. The van der Waals surface area contributed by atoms with Gasteiger partial charge < -0.3 is 10.2 Å². The third-order valence-electron chi connectivity index (χ3n) is 2.33. The van der Waals surface area contributed by atoms with E-state index in [1.807, 2.05) is 0 Å². The van der Waals surface area contributed by atoms with Crippen LogP contribution in [0, 0.1) is 0 Å².